The average molecular weight is 1440 g/mol. The van der Waals surface area contributed by atoms with Crippen molar-refractivity contribution in [3.63, 3.8) is 0 Å². The highest BCUT2D eigenvalue weighted by Crippen LogP contribution is 2.93. The van der Waals surface area contributed by atoms with Gasteiger partial charge in [-0.1, -0.05) is 227 Å². The molecule has 116 heavy (non-hydrogen) atoms. The maximum Gasteiger partial charge on any atom is 0.0733 e. The molecule has 508 valence electrons. The van der Waals surface area contributed by atoms with E-state index in [0.29, 0.717) is 0 Å². The summed E-state index contributed by atoms with van der Waals surface area (Å²) in [7, 11) is 0. The zero-order chi connectivity index (χ0) is 72.0. The van der Waals surface area contributed by atoms with E-state index in [1.807, 2.05) is 0 Å². The molecule has 0 aromatic heterocycles. The molecule has 0 fully saturated rings. The van der Waals surface area contributed by atoms with E-state index in [0.717, 1.165) is 0 Å². The Balaban J connectivity index is 0.961. The van der Waals surface area contributed by atoms with Crippen LogP contribution in [0.3, 0.4) is 0 Å². The number of benzene rings is 22. The first-order valence-corrected chi connectivity index (χ1v) is 43.2. The predicted octanol–water partition coefficient (Wildman–Crippen LogP) is 25.0. The van der Waals surface area contributed by atoms with Gasteiger partial charge in [0.1, 0.15) is 0 Å². The second kappa shape index (κ2) is 12.9. The van der Waals surface area contributed by atoms with E-state index in [1.165, 1.54) is 44.5 Å². The smallest absolute Gasteiger partial charge is 0.0622 e. The minimum absolute atomic E-state index is 0.00843. The van der Waals surface area contributed by atoms with Crippen LogP contribution in [0.5, 0.6) is 0 Å². The van der Waals surface area contributed by atoms with Gasteiger partial charge in [0.05, 0.1) is 37.9 Å². The molecule has 0 bridgehead atoms. The molecule has 8 atom stereocenters. The van der Waals surface area contributed by atoms with Crippen LogP contribution >= 0.6 is 0 Å². The van der Waals surface area contributed by atoms with E-state index in [1.54, 1.807) is 338 Å². The van der Waals surface area contributed by atoms with Crippen LogP contribution < -0.4 is 5.22 Å². The van der Waals surface area contributed by atoms with Crippen LogP contribution in [0.2, 0.25) is 0 Å². The number of hydrogen-bond donors (Lipinski definition) is 0. The van der Waals surface area contributed by atoms with Gasteiger partial charge in [-0.2, -0.15) is 0 Å². The molecule has 19 aliphatic carbocycles. The molecule has 0 amide bonds. The minimum Gasteiger partial charge on any atom is -0.0622 e. The maximum atomic E-state index is 2.77. The lowest BCUT2D eigenvalue weighted by atomic mass is 9.45. The lowest BCUT2D eigenvalue weighted by Gasteiger charge is -2.55. The van der Waals surface area contributed by atoms with Crippen molar-refractivity contribution in [3.8, 4) is 11.1 Å². The SMILES string of the molecule is CC(C)(C)c1ccc(C23c4c5c6c7c8c4c4c2c2c9c%10c4c4c%11c%12c%13c(c84)[C@]7(c4ccccc4)c4c7c8c%14c4c=%13c4c%13c%15c%16c%17c%18c%19c%20c(c9c9c%21c2c2c%22c%23c(c-5c(c5c%23c%23c(c(c%14%13)c%13c%15c%18c%14c%13c%23c%22c%21c%14c%199)C58c5ccccc5)[C@]67c5ccccc5)[C@@H]23)C%10(c2ccccc2)C%11=C(C=%12[C@@]4%16c2ccccc2)[C@]%20%17c2ccccc2)cc1. The molecule has 25 aromatic carbocycles. The molecule has 3 unspecified atom stereocenters. The van der Waals surface area contributed by atoms with Crippen LogP contribution in [0.25, 0.3) is 205 Å². The molecule has 0 saturated heterocycles. The molecular formula is C116H44. The number of allylic oxidation sites excluding steroid dienone is 2. The summed E-state index contributed by atoms with van der Waals surface area (Å²) in [5.41, 5.74) is 48.0. The standard InChI is InChI=1S/C116H44/c1-109(2,3)38-34-36-45(37-35-38)110-88-63-57-49-46-47-48-50-52(49)65-75-60(57)67(88)86-87-94(110)82-79-69-62-70-83(82)100-106(87)116(44-32-20-9-21-33-44)101(86)97(75)111(39-22-10-4-11-23-39)89(65)64-53(50)58-55(48)73-72-54(47)56-51(46)59(63)66(90(79)110)78-74(56)96-99(72)115(43-30-18-8-19-31-43)98(73)95-71(58)68-61(64)76-84-80-81(93(70)114(100,42-28-16-7-17-29-42)105(84)108(116)102(76)111)85-77(62)103(112(96,92(69)78)40-24-12-5-13-25-40)107(115)104(85)113(95,91(68)80)41-26-14-6-15-27-41/h4-37,88H,1-3H3/t88-,110?,111?,112?,113+,114+,115+,116-/m1/s1. The zero-order valence-electron chi connectivity index (χ0n) is 62.2. The van der Waals surface area contributed by atoms with E-state index in [9.17, 15) is 0 Å². The summed E-state index contributed by atoms with van der Waals surface area (Å²) in [5, 5.41) is 59.7. The van der Waals surface area contributed by atoms with Crippen molar-refractivity contribution in [3.05, 3.63) is 383 Å². The lowest BCUT2D eigenvalue weighted by molar-refractivity contribution is 0.554. The Bertz CT molecular complexity index is 10500. The molecule has 19 aliphatic rings. The molecule has 0 heterocycles. The van der Waals surface area contributed by atoms with Gasteiger partial charge in [-0.3, -0.25) is 0 Å². The van der Waals surface area contributed by atoms with Crippen LogP contribution in [0.4, 0.5) is 0 Å². The van der Waals surface area contributed by atoms with Crippen molar-refractivity contribution in [1.82, 2.24) is 0 Å². The Kier molecular flexibility index (Phi) is 5.64. The summed E-state index contributed by atoms with van der Waals surface area (Å²) < 4.78 is 0. The summed E-state index contributed by atoms with van der Waals surface area (Å²) in [5.74, 6) is -0.00843. The first-order chi connectivity index (χ1) is 57.4. The Labute approximate surface area is 654 Å². The quantitative estimate of drug-likeness (QED) is 0.110. The molecule has 0 radical (unpaired) electrons. The average Bonchev–Trinajstić information content (AvgIpc) is 1.37. The Morgan fingerprint density at radius 3 is 1.03 bits per heavy atom. The van der Waals surface area contributed by atoms with Gasteiger partial charge in [-0.15, -0.1) is 0 Å². The molecular weight excluding hydrogens is 1390 g/mol. The van der Waals surface area contributed by atoms with Crippen molar-refractivity contribution in [2.75, 3.05) is 0 Å². The van der Waals surface area contributed by atoms with Crippen molar-refractivity contribution >= 4 is 194 Å². The van der Waals surface area contributed by atoms with Gasteiger partial charge >= 0.3 is 0 Å². The summed E-state index contributed by atoms with van der Waals surface area (Å²) >= 11 is 0. The summed E-state index contributed by atoms with van der Waals surface area (Å²) in [6, 6.07) is 86.9. The largest absolute Gasteiger partial charge is 0.0733 e. The molecule has 0 saturated carbocycles. The van der Waals surface area contributed by atoms with Crippen molar-refractivity contribution < 1.29 is 0 Å². The van der Waals surface area contributed by atoms with E-state index in [-0.39, 0.29) is 11.3 Å². The molecule has 25 aromatic rings. The summed E-state index contributed by atoms with van der Waals surface area (Å²) in [6.45, 7) is 7.36. The molecule has 0 heteroatoms. The van der Waals surface area contributed by atoms with Gasteiger partial charge in [-0.05, 0) is 388 Å². The van der Waals surface area contributed by atoms with Gasteiger partial charge in [0, 0.05) is 5.92 Å². The molecule has 0 N–H and O–H groups in total. The third-order valence-electron chi connectivity index (χ3n) is 38.6. The fraction of sp³-hybridized carbons (Fsp3) is 0.103. The number of hydrogen-bond acceptors (Lipinski definition) is 0. The Morgan fingerprint density at radius 1 is 0.181 bits per heavy atom. The van der Waals surface area contributed by atoms with Gasteiger partial charge in [0.15, 0.2) is 0 Å². The van der Waals surface area contributed by atoms with E-state index < -0.39 is 37.9 Å². The third kappa shape index (κ3) is 3.23. The zero-order valence-corrected chi connectivity index (χ0v) is 62.2. The number of rotatable bonds is 7. The van der Waals surface area contributed by atoms with Gasteiger partial charge in [-0.25, -0.2) is 0 Å². The second-order valence-corrected chi connectivity index (χ2v) is 41.1. The Morgan fingerprint density at radius 2 is 0.491 bits per heavy atom. The summed E-state index contributed by atoms with van der Waals surface area (Å²) in [4.78, 5) is 0. The van der Waals surface area contributed by atoms with Crippen LogP contribution in [0, 0.1) is 10.4 Å². The fourth-order valence-electron chi connectivity index (χ4n) is 37.6. The first kappa shape index (κ1) is 50.6. The van der Waals surface area contributed by atoms with Crippen LogP contribution in [-0.4, -0.2) is 0 Å². The van der Waals surface area contributed by atoms with Crippen molar-refractivity contribution in [2.24, 2.45) is 0 Å². The van der Waals surface area contributed by atoms with E-state index in [2.05, 4.69) is 227 Å². The first-order valence-electron chi connectivity index (χ1n) is 43.2. The fourth-order valence-corrected chi connectivity index (χ4v) is 37.6. The molecule has 0 spiro atoms. The monoisotopic (exact) mass is 1440 g/mol. The minimum atomic E-state index is -0.751. The predicted molar refractivity (Wildman–Crippen MR) is 467 cm³/mol. The lowest BCUT2D eigenvalue weighted by Crippen LogP contribution is -2.50. The van der Waals surface area contributed by atoms with Crippen LogP contribution in [0.1, 0.15) is 182 Å². The second-order valence-electron chi connectivity index (χ2n) is 41.1. The van der Waals surface area contributed by atoms with Crippen LogP contribution in [0.15, 0.2) is 212 Å². The van der Waals surface area contributed by atoms with Crippen molar-refractivity contribution in [2.45, 2.75) is 70.0 Å². The Hall–Kier alpha value is -13.5. The highest BCUT2D eigenvalue weighted by atomic mass is 14.8. The van der Waals surface area contributed by atoms with Gasteiger partial charge in [0.2, 0.25) is 0 Å². The normalized spacial score (nSPS) is 26.7. The van der Waals surface area contributed by atoms with E-state index in [4.69, 9.17) is 0 Å². The van der Waals surface area contributed by atoms with E-state index >= 15 is 0 Å². The van der Waals surface area contributed by atoms with Gasteiger partial charge < -0.3 is 0 Å². The summed E-state index contributed by atoms with van der Waals surface area (Å²) in [6.07, 6.45) is 0. The molecule has 0 nitrogen and oxygen atoms in total. The van der Waals surface area contributed by atoms with Crippen LogP contribution in [-0.2, 0) is 43.3 Å². The van der Waals surface area contributed by atoms with Crippen molar-refractivity contribution in [1.29, 1.82) is 0 Å². The topological polar surface area (TPSA) is 0 Å². The van der Waals surface area contributed by atoms with Gasteiger partial charge in [0.25, 0.3) is 0 Å². The highest BCUT2D eigenvalue weighted by Gasteiger charge is 2.80. The highest BCUT2D eigenvalue weighted by molar-refractivity contribution is 6.69. The maximum absolute atomic E-state index is 2.77. The molecule has 44 rings (SSSR count). The molecule has 0 aliphatic heterocycles. The third-order valence-corrected chi connectivity index (χ3v) is 38.6.